The molecule has 1 aliphatic heterocycles. The Hall–Kier alpha value is -2.59. The summed E-state index contributed by atoms with van der Waals surface area (Å²) in [6.07, 6.45) is 8.55. The van der Waals surface area contributed by atoms with Gasteiger partial charge in [0.05, 0.1) is 5.69 Å². The van der Waals surface area contributed by atoms with Crippen LogP contribution in [0.1, 0.15) is 49.7 Å². The molecule has 3 aromatic heterocycles. The summed E-state index contributed by atoms with van der Waals surface area (Å²) in [5, 5.41) is 1.38. The van der Waals surface area contributed by atoms with Crippen LogP contribution >= 0.6 is 0 Å². The number of H-pyrrole nitrogens is 1. The van der Waals surface area contributed by atoms with Crippen LogP contribution in [0.15, 0.2) is 48.9 Å². The second kappa shape index (κ2) is 6.78. The number of likely N-dealkylation sites (tertiary alicyclic amines) is 1. The highest BCUT2D eigenvalue weighted by Crippen LogP contribution is 2.38. The van der Waals surface area contributed by atoms with Crippen molar-refractivity contribution in [3.63, 3.8) is 0 Å². The Labute approximate surface area is 166 Å². The number of fused-ring (bicyclic) bond motifs is 2. The number of piperidine rings is 1. The number of benzene rings is 1. The maximum absolute atomic E-state index is 4.37. The quantitative estimate of drug-likeness (QED) is 0.522. The molecular weight excluding hydrogens is 344 g/mol. The van der Waals surface area contributed by atoms with Gasteiger partial charge in [-0.1, -0.05) is 19.9 Å². The summed E-state index contributed by atoms with van der Waals surface area (Å²) in [6, 6.07) is 11.3. The Morgan fingerprint density at radius 3 is 2.71 bits per heavy atom. The number of pyridine rings is 1. The molecule has 0 aliphatic carbocycles. The molecule has 1 fully saturated rings. The third-order valence-corrected chi connectivity index (χ3v) is 6.31. The zero-order valence-corrected chi connectivity index (χ0v) is 16.9. The second-order valence-corrected chi connectivity index (χ2v) is 8.56. The summed E-state index contributed by atoms with van der Waals surface area (Å²) < 4.78 is 2.09. The molecule has 0 spiro atoms. The molecule has 144 valence electrons. The zero-order chi connectivity index (χ0) is 19.3. The smallest absolute Gasteiger partial charge is 0.136 e. The van der Waals surface area contributed by atoms with Crippen LogP contribution in [0.5, 0.6) is 0 Å². The third-order valence-electron chi connectivity index (χ3n) is 6.31. The molecule has 4 heteroatoms. The van der Waals surface area contributed by atoms with Gasteiger partial charge in [0, 0.05) is 35.1 Å². The molecule has 0 radical (unpaired) electrons. The summed E-state index contributed by atoms with van der Waals surface area (Å²) in [5.41, 5.74) is 7.59. The molecule has 1 aliphatic rings. The van der Waals surface area contributed by atoms with Crippen LogP contribution in [-0.4, -0.2) is 39.4 Å². The fourth-order valence-electron chi connectivity index (χ4n) is 4.72. The Bertz CT molecular complexity index is 1130. The molecule has 0 atom stereocenters. The van der Waals surface area contributed by atoms with E-state index in [1.807, 2.05) is 12.4 Å². The van der Waals surface area contributed by atoms with Crippen LogP contribution in [-0.2, 0) is 0 Å². The van der Waals surface area contributed by atoms with E-state index in [9.17, 15) is 0 Å². The predicted octanol–water partition coefficient (Wildman–Crippen LogP) is 5.42. The molecule has 4 heterocycles. The minimum atomic E-state index is 0.454. The standard InChI is InChI=1S/C24H28N4/c1-16(2)23-20-14-18(17-8-11-27(3)12-9-17)4-6-21(20)26-24(23)19-5-7-22-25-10-13-28(22)15-19/h4-7,10,13-17,26H,8-9,11-12H2,1-3H3. The lowest BCUT2D eigenvalue weighted by molar-refractivity contribution is 0.255. The molecule has 1 N–H and O–H groups in total. The highest BCUT2D eigenvalue weighted by atomic mass is 15.1. The van der Waals surface area contributed by atoms with Crippen molar-refractivity contribution < 1.29 is 0 Å². The van der Waals surface area contributed by atoms with E-state index >= 15 is 0 Å². The van der Waals surface area contributed by atoms with Gasteiger partial charge in [-0.15, -0.1) is 0 Å². The number of aromatic amines is 1. The summed E-state index contributed by atoms with van der Waals surface area (Å²) in [6.45, 7) is 6.99. The Balaban J connectivity index is 1.62. The van der Waals surface area contributed by atoms with Gasteiger partial charge in [-0.25, -0.2) is 4.98 Å². The molecule has 0 amide bonds. The lowest BCUT2D eigenvalue weighted by Gasteiger charge is -2.29. The van der Waals surface area contributed by atoms with E-state index in [2.05, 4.69) is 76.7 Å². The highest BCUT2D eigenvalue weighted by molar-refractivity contribution is 5.92. The van der Waals surface area contributed by atoms with Crippen LogP contribution in [0.25, 0.3) is 27.8 Å². The number of imidazole rings is 1. The molecule has 1 aromatic carbocycles. The van der Waals surface area contributed by atoms with Gasteiger partial charge < -0.3 is 14.3 Å². The van der Waals surface area contributed by atoms with Crippen molar-refractivity contribution in [2.45, 2.75) is 38.5 Å². The fraction of sp³-hybridized carbons (Fsp3) is 0.375. The number of hydrogen-bond acceptors (Lipinski definition) is 2. The molecule has 0 unspecified atom stereocenters. The minimum Gasteiger partial charge on any atom is -0.354 e. The monoisotopic (exact) mass is 372 g/mol. The molecule has 0 bridgehead atoms. The highest BCUT2D eigenvalue weighted by Gasteiger charge is 2.21. The first-order valence-corrected chi connectivity index (χ1v) is 10.4. The summed E-state index contributed by atoms with van der Waals surface area (Å²) in [7, 11) is 2.23. The van der Waals surface area contributed by atoms with Gasteiger partial charge in [0.25, 0.3) is 0 Å². The molecule has 4 nitrogen and oxygen atoms in total. The first kappa shape index (κ1) is 17.5. The molecule has 28 heavy (non-hydrogen) atoms. The van der Waals surface area contributed by atoms with Crippen molar-refractivity contribution in [1.82, 2.24) is 19.3 Å². The van der Waals surface area contributed by atoms with Crippen LogP contribution in [0.4, 0.5) is 0 Å². The number of hydrogen-bond donors (Lipinski definition) is 1. The van der Waals surface area contributed by atoms with E-state index in [4.69, 9.17) is 0 Å². The number of nitrogens with zero attached hydrogens (tertiary/aromatic N) is 3. The first-order chi connectivity index (χ1) is 13.6. The normalized spacial score (nSPS) is 16.6. The van der Waals surface area contributed by atoms with Crippen molar-refractivity contribution >= 4 is 16.6 Å². The van der Waals surface area contributed by atoms with E-state index < -0.39 is 0 Å². The Kier molecular flexibility index (Phi) is 4.24. The largest absolute Gasteiger partial charge is 0.354 e. The van der Waals surface area contributed by atoms with Crippen molar-refractivity contribution in [2.24, 2.45) is 0 Å². The van der Waals surface area contributed by atoms with Crippen LogP contribution < -0.4 is 0 Å². The lowest BCUT2D eigenvalue weighted by atomic mass is 9.88. The maximum Gasteiger partial charge on any atom is 0.136 e. The van der Waals surface area contributed by atoms with Gasteiger partial charge >= 0.3 is 0 Å². The van der Waals surface area contributed by atoms with Gasteiger partial charge in [-0.3, -0.25) is 0 Å². The lowest BCUT2D eigenvalue weighted by Crippen LogP contribution is -2.29. The maximum atomic E-state index is 4.37. The van der Waals surface area contributed by atoms with Crippen molar-refractivity contribution in [3.8, 4) is 11.3 Å². The number of nitrogens with one attached hydrogen (secondary N) is 1. The summed E-state index contributed by atoms with van der Waals surface area (Å²) in [4.78, 5) is 10.5. The molecule has 5 rings (SSSR count). The fourth-order valence-corrected chi connectivity index (χ4v) is 4.72. The minimum absolute atomic E-state index is 0.454. The van der Waals surface area contributed by atoms with E-state index in [1.54, 1.807) is 0 Å². The van der Waals surface area contributed by atoms with E-state index in [-0.39, 0.29) is 0 Å². The van der Waals surface area contributed by atoms with Crippen LogP contribution in [0.3, 0.4) is 0 Å². The number of aromatic nitrogens is 3. The van der Waals surface area contributed by atoms with Crippen molar-refractivity contribution in [3.05, 3.63) is 60.0 Å². The van der Waals surface area contributed by atoms with Crippen LogP contribution in [0.2, 0.25) is 0 Å². The van der Waals surface area contributed by atoms with Gasteiger partial charge in [0.1, 0.15) is 5.65 Å². The van der Waals surface area contributed by atoms with Gasteiger partial charge in [0.2, 0.25) is 0 Å². The zero-order valence-electron chi connectivity index (χ0n) is 16.9. The first-order valence-electron chi connectivity index (χ1n) is 10.4. The Morgan fingerprint density at radius 2 is 1.93 bits per heavy atom. The summed E-state index contributed by atoms with van der Waals surface area (Å²) in [5.74, 6) is 1.14. The molecule has 4 aromatic rings. The average Bonchev–Trinajstić information content (AvgIpc) is 3.31. The Morgan fingerprint density at radius 1 is 1.11 bits per heavy atom. The molecule has 1 saturated heterocycles. The molecule has 0 saturated carbocycles. The number of rotatable bonds is 3. The van der Waals surface area contributed by atoms with Crippen LogP contribution in [0, 0.1) is 0 Å². The van der Waals surface area contributed by atoms with Gasteiger partial charge in [0.15, 0.2) is 0 Å². The van der Waals surface area contributed by atoms with E-state index in [0.717, 1.165) is 5.65 Å². The van der Waals surface area contributed by atoms with Crippen molar-refractivity contribution in [1.29, 1.82) is 0 Å². The SMILES string of the molecule is CC(C)c1c(-c2ccc3nccn3c2)[nH]c2ccc(C3CCN(C)CC3)cc12. The average molecular weight is 373 g/mol. The van der Waals surface area contributed by atoms with Crippen molar-refractivity contribution in [2.75, 3.05) is 20.1 Å². The van der Waals surface area contributed by atoms with E-state index in [1.165, 1.54) is 59.2 Å². The predicted molar refractivity (Wildman–Crippen MR) is 116 cm³/mol. The summed E-state index contributed by atoms with van der Waals surface area (Å²) >= 11 is 0. The van der Waals surface area contributed by atoms with Gasteiger partial charge in [-0.2, -0.15) is 0 Å². The van der Waals surface area contributed by atoms with E-state index in [0.29, 0.717) is 11.8 Å². The van der Waals surface area contributed by atoms with Gasteiger partial charge in [-0.05, 0) is 80.2 Å². The second-order valence-electron chi connectivity index (χ2n) is 8.56. The topological polar surface area (TPSA) is 36.3 Å². The third kappa shape index (κ3) is 2.92. The molecular formula is C24H28N4.